The van der Waals surface area contributed by atoms with Gasteiger partial charge in [-0.25, -0.2) is 8.42 Å². The highest BCUT2D eigenvalue weighted by molar-refractivity contribution is 9.10. The Hall–Kier alpha value is -2.71. The molecule has 0 aromatic heterocycles. The minimum Gasteiger partial charge on any atom is -0.493 e. The number of methoxy groups -OCH3 is 3. The molecule has 1 aliphatic heterocycles. The molecule has 1 fully saturated rings. The Morgan fingerprint density at radius 2 is 1.72 bits per heavy atom. The summed E-state index contributed by atoms with van der Waals surface area (Å²) in [5.41, 5.74) is -1.24. The van der Waals surface area contributed by atoms with Crippen LogP contribution in [0.4, 0.5) is 18.9 Å². The maximum atomic E-state index is 13.7. The van der Waals surface area contributed by atoms with Crippen LogP contribution in [0, 0.1) is 0 Å². The first kappa shape index (κ1) is 27.9. The molecule has 1 heterocycles. The molecule has 1 unspecified atom stereocenters. The van der Waals surface area contributed by atoms with Gasteiger partial charge >= 0.3 is 12.1 Å². The molecule has 3 rings (SSSR count). The van der Waals surface area contributed by atoms with E-state index in [4.69, 9.17) is 18.9 Å². The van der Waals surface area contributed by atoms with Gasteiger partial charge in [-0.2, -0.15) is 13.2 Å². The van der Waals surface area contributed by atoms with Crippen LogP contribution in [0.15, 0.2) is 39.7 Å². The second-order valence-corrected chi connectivity index (χ2v) is 10.4. The number of sulfonamides is 1. The third-order valence-electron chi connectivity index (χ3n) is 5.54. The van der Waals surface area contributed by atoms with Crippen molar-refractivity contribution in [2.45, 2.75) is 29.6 Å². The first-order valence-electron chi connectivity index (χ1n) is 10.4. The Balaban J connectivity index is 1.93. The molecular formula is C22H24BrF3N2O7S. The highest BCUT2D eigenvalue weighted by atomic mass is 79.9. The van der Waals surface area contributed by atoms with Gasteiger partial charge in [0.25, 0.3) is 10.0 Å². The Labute approximate surface area is 214 Å². The Kier molecular flexibility index (Phi) is 8.30. The summed E-state index contributed by atoms with van der Waals surface area (Å²) in [7, 11) is 1.30. The van der Waals surface area contributed by atoms with Crippen molar-refractivity contribution in [1.29, 1.82) is 0 Å². The molecule has 0 spiro atoms. The van der Waals surface area contributed by atoms with E-state index in [-0.39, 0.29) is 39.5 Å². The normalized spacial score (nSPS) is 18.6. The van der Waals surface area contributed by atoms with Crippen molar-refractivity contribution in [1.82, 2.24) is 4.90 Å². The fourth-order valence-electron chi connectivity index (χ4n) is 3.80. The van der Waals surface area contributed by atoms with Crippen molar-refractivity contribution in [2.75, 3.05) is 39.6 Å². The van der Waals surface area contributed by atoms with Gasteiger partial charge in [-0.15, -0.1) is 0 Å². The molecule has 1 saturated heterocycles. The quantitative estimate of drug-likeness (QED) is 0.458. The van der Waals surface area contributed by atoms with E-state index in [2.05, 4.69) is 20.7 Å². The lowest BCUT2D eigenvalue weighted by molar-refractivity contribution is -0.145. The van der Waals surface area contributed by atoms with Gasteiger partial charge in [-0.1, -0.05) is 0 Å². The zero-order chi connectivity index (χ0) is 26.8. The predicted molar refractivity (Wildman–Crippen MR) is 127 cm³/mol. The standard InChI is InChI=1S/C22H24BrF3N2O7S/c1-28-11-13(8-16(28)21(29)34-4)35-17-7-12(5-6-14(17)22(24,25)26)27-36(30,31)20-10-19(33-3)18(32-2)9-15(20)23/h5-7,9-10,13,16,27H,8,11H2,1-4H3/t13-,16?/m1/s1. The topological polar surface area (TPSA) is 103 Å². The number of benzene rings is 2. The van der Waals surface area contributed by atoms with Crippen LogP contribution in [0.1, 0.15) is 12.0 Å². The zero-order valence-corrected chi connectivity index (χ0v) is 22.1. The Morgan fingerprint density at radius 3 is 2.31 bits per heavy atom. The molecule has 0 saturated carbocycles. The van der Waals surface area contributed by atoms with Crippen molar-refractivity contribution >= 4 is 37.6 Å². The number of halogens is 4. The molecule has 2 aromatic carbocycles. The number of rotatable bonds is 8. The van der Waals surface area contributed by atoms with E-state index in [0.29, 0.717) is 0 Å². The summed E-state index contributed by atoms with van der Waals surface area (Å²) in [4.78, 5) is 13.3. The lowest BCUT2D eigenvalue weighted by atomic mass is 10.1. The van der Waals surface area contributed by atoms with E-state index < -0.39 is 45.6 Å². The molecule has 2 atom stereocenters. The van der Waals surface area contributed by atoms with Crippen LogP contribution >= 0.6 is 15.9 Å². The van der Waals surface area contributed by atoms with Crippen molar-refractivity contribution in [2.24, 2.45) is 0 Å². The average molecular weight is 597 g/mol. The molecule has 9 nitrogen and oxygen atoms in total. The number of likely N-dealkylation sites (N-methyl/N-ethyl adjacent to an activating group) is 1. The van der Waals surface area contributed by atoms with Gasteiger partial charge in [0.1, 0.15) is 22.8 Å². The van der Waals surface area contributed by atoms with Gasteiger partial charge < -0.3 is 18.9 Å². The number of nitrogens with one attached hydrogen (secondary N) is 1. The van der Waals surface area contributed by atoms with Gasteiger partial charge in [0.15, 0.2) is 11.5 Å². The summed E-state index contributed by atoms with van der Waals surface area (Å²) in [6, 6.07) is 4.61. The number of hydrogen-bond acceptors (Lipinski definition) is 8. The van der Waals surface area contributed by atoms with Crippen LogP contribution < -0.4 is 18.9 Å². The van der Waals surface area contributed by atoms with Crippen LogP contribution in [0.3, 0.4) is 0 Å². The van der Waals surface area contributed by atoms with E-state index >= 15 is 0 Å². The first-order chi connectivity index (χ1) is 16.8. The minimum absolute atomic E-state index is 0.106. The highest BCUT2D eigenvalue weighted by Crippen LogP contribution is 2.40. The molecule has 36 heavy (non-hydrogen) atoms. The third kappa shape index (κ3) is 5.98. The van der Waals surface area contributed by atoms with Crippen molar-refractivity contribution in [3.05, 3.63) is 40.4 Å². The van der Waals surface area contributed by atoms with E-state index in [0.717, 1.165) is 18.2 Å². The van der Waals surface area contributed by atoms with Gasteiger partial charge in [0, 0.05) is 29.6 Å². The smallest absolute Gasteiger partial charge is 0.419 e. The summed E-state index contributed by atoms with van der Waals surface area (Å²) >= 11 is 3.17. The zero-order valence-electron chi connectivity index (χ0n) is 19.7. The van der Waals surface area contributed by atoms with Crippen LogP contribution in [-0.2, 0) is 25.7 Å². The number of carbonyl (C=O) groups excluding carboxylic acids is 1. The minimum atomic E-state index is -4.76. The van der Waals surface area contributed by atoms with Gasteiger partial charge in [0.05, 0.1) is 32.6 Å². The largest absolute Gasteiger partial charge is 0.493 e. The van der Waals surface area contributed by atoms with Crippen LogP contribution in [0.5, 0.6) is 17.2 Å². The molecular weight excluding hydrogens is 573 g/mol. The fraction of sp³-hybridized carbons (Fsp3) is 0.409. The van der Waals surface area contributed by atoms with E-state index in [1.807, 2.05) is 0 Å². The van der Waals surface area contributed by atoms with Crippen LogP contribution in [0.25, 0.3) is 0 Å². The fourth-order valence-corrected chi connectivity index (χ4v) is 5.88. The summed E-state index contributed by atoms with van der Waals surface area (Å²) in [6.07, 6.45) is -5.41. The van der Waals surface area contributed by atoms with E-state index in [9.17, 15) is 26.4 Å². The lowest BCUT2D eigenvalue weighted by Gasteiger charge is -2.20. The summed E-state index contributed by atoms with van der Waals surface area (Å²) in [5, 5.41) is 0. The number of carbonyl (C=O) groups is 1. The summed E-state index contributed by atoms with van der Waals surface area (Å²) < 4.78 is 90.2. The van der Waals surface area contributed by atoms with Crippen molar-refractivity contribution < 1.29 is 45.3 Å². The molecule has 0 aliphatic carbocycles. The molecule has 198 valence electrons. The van der Waals surface area contributed by atoms with E-state index in [1.165, 1.54) is 33.5 Å². The molecule has 14 heteroatoms. The summed E-state index contributed by atoms with van der Waals surface area (Å²) in [6.45, 7) is 0.172. The maximum absolute atomic E-state index is 13.7. The van der Waals surface area contributed by atoms with Crippen molar-refractivity contribution in [3.63, 3.8) is 0 Å². The van der Waals surface area contributed by atoms with Crippen LogP contribution in [-0.4, -0.2) is 66.4 Å². The SMILES string of the molecule is COC(=O)C1C[C@@H](Oc2cc(NS(=O)(=O)c3cc(OC)c(OC)cc3Br)ccc2C(F)(F)F)CN1C. The van der Waals surface area contributed by atoms with Gasteiger partial charge in [-0.05, 0) is 41.2 Å². The number of ether oxygens (including phenoxy) is 4. The molecule has 1 aliphatic rings. The van der Waals surface area contributed by atoms with Crippen LogP contribution in [0.2, 0.25) is 0 Å². The second kappa shape index (κ2) is 10.7. The average Bonchev–Trinajstić information content (AvgIpc) is 3.16. The molecule has 1 N–H and O–H groups in total. The monoisotopic (exact) mass is 596 g/mol. The Bertz CT molecular complexity index is 1240. The van der Waals surface area contributed by atoms with Gasteiger partial charge in [0.2, 0.25) is 0 Å². The Morgan fingerprint density at radius 1 is 1.08 bits per heavy atom. The van der Waals surface area contributed by atoms with E-state index in [1.54, 1.807) is 11.9 Å². The molecule has 0 radical (unpaired) electrons. The second-order valence-electron chi connectivity index (χ2n) is 7.91. The molecule has 0 amide bonds. The number of alkyl halides is 3. The third-order valence-corrected chi connectivity index (χ3v) is 7.88. The predicted octanol–water partition coefficient (Wildman–Crippen LogP) is 3.91. The number of hydrogen-bond donors (Lipinski definition) is 1. The lowest BCUT2D eigenvalue weighted by Crippen LogP contribution is -2.33. The number of nitrogens with zero attached hydrogens (tertiary/aromatic N) is 1. The highest BCUT2D eigenvalue weighted by Gasteiger charge is 2.39. The molecule has 0 bridgehead atoms. The molecule has 2 aromatic rings. The van der Waals surface area contributed by atoms with Gasteiger partial charge in [-0.3, -0.25) is 14.4 Å². The maximum Gasteiger partial charge on any atom is 0.419 e. The van der Waals surface area contributed by atoms with Crippen molar-refractivity contribution in [3.8, 4) is 17.2 Å². The summed E-state index contributed by atoms with van der Waals surface area (Å²) in [5.74, 6) is -0.678. The number of anilines is 1. The first-order valence-corrected chi connectivity index (χ1v) is 12.7. The number of esters is 1. The number of likely N-dealkylation sites (tertiary alicyclic amines) is 1.